The Hall–Kier alpha value is -2.09. The molecule has 2 atom stereocenters. The first-order chi connectivity index (χ1) is 13.1. The van der Waals surface area contributed by atoms with E-state index < -0.39 is 5.97 Å². The number of furan rings is 1. The van der Waals surface area contributed by atoms with Crippen LogP contribution >= 0.6 is 11.8 Å². The molecular formula is C19H24N4O3S. The van der Waals surface area contributed by atoms with Gasteiger partial charge in [-0.05, 0) is 37.3 Å². The SMILES string of the molecule is C[C@H]1C[C@H]1c1ccc(/C=N\n2c(SCC(=O)O)nnc2C2CCCCC2)o1. The number of carbonyl (C=O) groups is 1. The zero-order chi connectivity index (χ0) is 18.8. The summed E-state index contributed by atoms with van der Waals surface area (Å²) in [6.45, 7) is 2.22. The van der Waals surface area contributed by atoms with Crippen LogP contribution in [0.2, 0.25) is 0 Å². The van der Waals surface area contributed by atoms with E-state index in [4.69, 9.17) is 9.52 Å². The maximum absolute atomic E-state index is 10.9. The highest BCUT2D eigenvalue weighted by Crippen LogP contribution is 2.47. The van der Waals surface area contributed by atoms with E-state index in [0.29, 0.717) is 28.7 Å². The molecule has 7 nitrogen and oxygen atoms in total. The van der Waals surface area contributed by atoms with Crippen molar-refractivity contribution in [2.24, 2.45) is 11.0 Å². The van der Waals surface area contributed by atoms with E-state index in [2.05, 4.69) is 22.2 Å². The Morgan fingerprint density at radius 1 is 1.37 bits per heavy atom. The maximum atomic E-state index is 10.9. The summed E-state index contributed by atoms with van der Waals surface area (Å²) in [4.78, 5) is 10.9. The van der Waals surface area contributed by atoms with Gasteiger partial charge in [-0.15, -0.1) is 10.2 Å². The molecule has 8 heteroatoms. The molecule has 0 aromatic carbocycles. The minimum atomic E-state index is -0.882. The van der Waals surface area contributed by atoms with Crippen LogP contribution in [0.3, 0.4) is 0 Å². The molecule has 0 spiro atoms. The van der Waals surface area contributed by atoms with Gasteiger partial charge < -0.3 is 9.52 Å². The number of hydrogen-bond donors (Lipinski definition) is 1. The summed E-state index contributed by atoms with van der Waals surface area (Å²) >= 11 is 1.14. The van der Waals surface area contributed by atoms with Gasteiger partial charge in [-0.2, -0.15) is 9.78 Å². The summed E-state index contributed by atoms with van der Waals surface area (Å²) in [7, 11) is 0. The Balaban J connectivity index is 1.56. The van der Waals surface area contributed by atoms with Crippen LogP contribution in [-0.2, 0) is 4.79 Å². The topological polar surface area (TPSA) is 93.5 Å². The maximum Gasteiger partial charge on any atom is 0.313 e. The summed E-state index contributed by atoms with van der Waals surface area (Å²) in [5.74, 6) is 3.12. The van der Waals surface area contributed by atoms with Gasteiger partial charge in [-0.1, -0.05) is 37.9 Å². The molecule has 2 saturated carbocycles. The summed E-state index contributed by atoms with van der Waals surface area (Å²) in [6.07, 6.45) is 8.61. The van der Waals surface area contributed by atoms with Crippen LogP contribution in [-0.4, -0.2) is 37.9 Å². The summed E-state index contributed by atoms with van der Waals surface area (Å²) in [6, 6.07) is 3.95. The lowest BCUT2D eigenvalue weighted by molar-refractivity contribution is -0.133. The minimum absolute atomic E-state index is 0.0667. The average Bonchev–Trinajstić information content (AvgIpc) is 3.08. The second kappa shape index (κ2) is 7.88. The fourth-order valence-corrected chi connectivity index (χ4v) is 4.30. The number of thioether (sulfide) groups is 1. The zero-order valence-electron chi connectivity index (χ0n) is 15.4. The molecule has 2 aromatic heterocycles. The molecule has 0 unspecified atom stereocenters. The monoisotopic (exact) mass is 388 g/mol. The lowest BCUT2D eigenvalue weighted by Crippen LogP contribution is -2.11. The highest BCUT2D eigenvalue weighted by Gasteiger charge is 2.36. The van der Waals surface area contributed by atoms with Gasteiger partial charge in [-0.3, -0.25) is 4.79 Å². The zero-order valence-corrected chi connectivity index (χ0v) is 16.2. The van der Waals surface area contributed by atoms with E-state index in [1.165, 1.54) is 25.7 Å². The number of aliphatic carboxylic acids is 1. The van der Waals surface area contributed by atoms with Crippen LogP contribution in [0.15, 0.2) is 26.8 Å². The van der Waals surface area contributed by atoms with Crippen molar-refractivity contribution in [2.75, 3.05) is 5.75 Å². The Labute approximate surface area is 162 Å². The first kappa shape index (κ1) is 18.3. The molecule has 2 aromatic rings. The Bertz CT molecular complexity index is 838. The van der Waals surface area contributed by atoms with E-state index in [0.717, 1.165) is 36.2 Å². The fourth-order valence-electron chi connectivity index (χ4n) is 3.69. The number of nitrogens with zero attached hydrogens (tertiary/aromatic N) is 4. The van der Waals surface area contributed by atoms with Gasteiger partial charge in [0.25, 0.3) is 0 Å². The second-order valence-electron chi connectivity index (χ2n) is 7.47. The summed E-state index contributed by atoms with van der Waals surface area (Å²) in [5.41, 5.74) is 0. The Morgan fingerprint density at radius 3 is 2.85 bits per heavy atom. The van der Waals surface area contributed by atoms with Crippen LogP contribution in [0.25, 0.3) is 0 Å². The molecule has 0 bridgehead atoms. The van der Waals surface area contributed by atoms with Crippen molar-refractivity contribution in [2.45, 2.75) is 62.4 Å². The Kier molecular flexibility index (Phi) is 5.33. The standard InChI is InChI=1S/C19H24N4O3S/c1-12-9-15(12)16-8-7-14(26-16)10-20-23-18(13-5-3-2-4-6-13)21-22-19(23)27-11-17(24)25/h7-8,10,12-13,15H,2-6,9,11H2,1H3,(H,24,25)/b20-10-/t12-,15+/m0/s1. The van der Waals surface area contributed by atoms with E-state index in [1.807, 2.05) is 12.1 Å². The Morgan fingerprint density at radius 2 is 2.15 bits per heavy atom. The van der Waals surface area contributed by atoms with Gasteiger partial charge in [0.1, 0.15) is 11.5 Å². The van der Waals surface area contributed by atoms with Crippen LogP contribution in [0.1, 0.15) is 74.6 Å². The first-order valence-corrected chi connectivity index (χ1v) is 10.5. The predicted molar refractivity (Wildman–Crippen MR) is 102 cm³/mol. The molecule has 0 aliphatic heterocycles. The molecule has 0 saturated heterocycles. The predicted octanol–water partition coefficient (Wildman–Crippen LogP) is 4.10. The van der Waals surface area contributed by atoms with Crippen LogP contribution in [0, 0.1) is 5.92 Å². The molecule has 2 fully saturated rings. The quantitative estimate of drug-likeness (QED) is 0.567. The highest BCUT2D eigenvalue weighted by molar-refractivity contribution is 7.99. The van der Waals surface area contributed by atoms with Crippen LogP contribution < -0.4 is 0 Å². The van der Waals surface area contributed by atoms with E-state index in [9.17, 15) is 4.79 Å². The lowest BCUT2D eigenvalue weighted by atomic mass is 9.89. The molecule has 2 aliphatic carbocycles. The number of carboxylic acids is 1. The molecular weight excluding hydrogens is 364 g/mol. The van der Waals surface area contributed by atoms with E-state index in [1.54, 1.807) is 10.9 Å². The van der Waals surface area contributed by atoms with Gasteiger partial charge >= 0.3 is 5.97 Å². The average molecular weight is 388 g/mol. The molecule has 0 amide bonds. The molecule has 0 radical (unpaired) electrons. The van der Waals surface area contributed by atoms with Crippen molar-refractivity contribution in [1.82, 2.24) is 14.9 Å². The molecule has 2 heterocycles. The molecule has 27 heavy (non-hydrogen) atoms. The third kappa shape index (κ3) is 4.26. The van der Waals surface area contributed by atoms with Gasteiger partial charge in [0.2, 0.25) is 5.16 Å². The minimum Gasteiger partial charge on any atom is -0.481 e. The largest absolute Gasteiger partial charge is 0.481 e. The van der Waals surface area contributed by atoms with Gasteiger partial charge in [0, 0.05) is 11.8 Å². The molecule has 144 valence electrons. The van der Waals surface area contributed by atoms with Crippen molar-refractivity contribution in [3.63, 3.8) is 0 Å². The molecule has 4 rings (SSSR count). The molecule has 2 aliphatic rings. The smallest absolute Gasteiger partial charge is 0.313 e. The number of aromatic nitrogens is 3. The van der Waals surface area contributed by atoms with Gasteiger partial charge in [0.15, 0.2) is 5.82 Å². The normalized spacial score (nSPS) is 23.1. The van der Waals surface area contributed by atoms with Crippen molar-refractivity contribution in [3.05, 3.63) is 29.5 Å². The highest BCUT2D eigenvalue weighted by atomic mass is 32.2. The molecule has 1 N–H and O–H groups in total. The number of carboxylic acid groups (broad SMARTS) is 1. The van der Waals surface area contributed by atoms with Gasteiger partial charge in [0.05, 0.1) is 12.0 Å². The third-order valence-electron chi connectivity index (χ3n) is 5.35. The summed E-state index contributed by atoms with van der Waals surface area (Å²) in [5, 5.41) is 22.6. The van der Waals surface area contributed by atoms with Crippen LogP contribution in [0.4, 0.5) is 0 Å². The number of rotatable bonds is 7. The summed E-state index contributed by atoms with van der Waals surface area (Å²) < 4.78 is 7.60. The fraction of sp³-hybridized carbons (Fsp3) is 0.579. The number of hydrogen-bond acceptors (Lipinski definition) is 6. The van der Waals surface area contributed by atoms with E-state index in [-0.39, 0.29) is 5.75 Å². The lowest BCUT2D eigenvalue weighted by Gasteiger charge is -2.20. The van der Waals surface area contributed by atoms with Crippen LogP contribution in [0.5, 0.6) is 0 Å². The second-order valence-corrected chi connectivity index (χ2v) is 8.42. The first-order valence-electron chi connectivity index (χ1n) is 9.56. The van der Waals surface area contributed by atoms with Crippen molar-refractivity contribution in [3.8, 4) is 0 Å². The van der Waals surface area contributed by atoms with Crippen molar-refractivity contribution in [1.29, 1.82) is 0 Å². The van der Waals surface area contributed by atoms with Crippen molar-refractivity contribution >= 4 is 23.9 Å². The van der Waals surface area contributed by atoms with E-state index >= 15 is 0 Å². The van der Waals surface area contributed by atoms with Gasteiger partial charge in [-0.25, -0.2) is 0 Å². The third-order valence-corrected chi connectivity index (χ3v) is 6.26. The van der Waals surface area contributed by atoms with Crippen molar-refractivity contribution < 1.29 is 14.3 Å².